The number of nitrogens with one attached hydrogen (secondary N) is 1. The van der Waals surface area contributed by atoms with Crippen molar-refractivity contribution in [3.8, 4) is 0 Å². The highest BCUT2D eigenvalue weighted by Crippen LogP contribution is 2.22. The van der Waals surface area contributed by atoms with Crippen molar-refractivity contribution in [1.82, 2.24) is 5.32 Å². The molecule has 3 nitrogen and oxygen atoms in total. The summed E-state index contributed by atoms with van der Waals surface area (Å²) in [6, 6.07) is 13.9. The molecule has 0 fully saturated rings. The van der Waals surface area contributed by atoms with E-state index in [4.69, 9.17) is 5.73 Å². The van der Waals surface area contributed by atoms with Gasteiger partial charge in [-0.1, -0.05) is 38.1 Å². The molecular weight excluding hydrogens is 279 g/mol. The molecule has 0 saturated heterocycles. The van der Waals surface area contributed by atoms with Gasteiger partial charge in [0.05, 0.1) is 0 Å². The molecule has 4 heteroatoms. The molecule has 0 unspecified atom stereocenters. The van der Waals surface area contributed by atoms with Crippen LogP contribution in [-0.4, -0.2) is 5.91 Å². The molecule has 2 aromatic carbocycles. The van der Waals surface area contributed by atoms with Crippen molar-refractivity contribution in [2.45, 2.75) is 26.4 Å². The van der Waals surface area contributed by atoms with Crippen LogP contribution in [-0.2, 0) is 6.54 Å². The first-order chi connectivity index (χ1) is 10.5. The van der Waals surface area contributed by atoms with Gasteiger partial charge >= 0.3 is 0 Å². The number of amides is 1. The van der Waals surface area contributed by atoms with Gasteiger partial charge in [0.2, 0.25) is 5.91 Å². The zero-order valence-electron chi connectivity index (χ0n) is 12.8. The van der Waals surface area contributed by atoms with Gasteiger partial charge in [-0.25, -0.2) is 4.39 Å². The summed E-state index contributed by atoms with van der Waals surface area (Å²) in [5.41, 5.74) is 7.86. The van der Waals surface area contributed by atoms with Gasteiger partial charge in [0, 0.05) is 18.2 Å². The first-order valence-corrected chi connectivity index (χ1v) is 7.35. The average Bonchev–Trinajstić information content (AvgIpc) is 2.49. The van der Waals surface area contributed by atoms with Gasteiger partial charge in [0.1, 0.15) is 5.82 Å². The summed E-state index contributed by atoms with van der Waals surface area (Å²) in [5, 5.41) is 3.48. The summed E-state index contributed by atoms with van der Waals surface area (Å²) in [6.07, 6.45) is 0. The fraction of sp³-hybridized carbons (Fsp3) is 0.278. The molecule has 0 radical (unpaired) electrons. The fourth-order valence-electron chi connectivity index (χ4n) is 2.42. The van der Waals surface area contributed by atoms with Gasteiger partial charge in [0.25, 0.3) is 0 Å². The third kappa shape index (κ3) is 4.15. The number of halogens is 1. The van der Waals surface area contributed by atoms with Crippen molar-refractivity contribution < 1.29 is 9.18 Å². The topological polar surface area (TPSA) is 55.1 Å². The van der Waals surface area contributed by atoms with Crippen molar-refractivity contribution in [3.63, 3.8) is 0 Å². The van der Waals surface area contributed by atoms with E-state index in [0.717, 1.165) is 11.1 Å². The molecule has 1 atom stereocenters. The fourth-order valence-corrected chi connectivity index (χ4v) is 2.42. The van der Waals surface area contributed by atoms with E-state index in [0.29, 0.717) is 18.0 Å². The molecule has 22 heavy (non-hydrogen) atoms. The Morgan fingerprint density at radius 2 is 1.68 bits per heavy atom. The molecule has 0 aliphatic carbocycles. The lowest BCUT2D eigenvalue weighted by Gasteiger charge is -2.23. The molecule has 2 rings (SSSR count). The Hall–Kier alpha value is -2.20. The van der Waals surface area contributed by atoms with E-state index in [1.807, 2.05) is 24.3 Å². The van der Waals surface area contributed by atoms with Crippen LogP contribution in [0.2, 0.25) is 0 Å². The number of benzene rings is 2. The number of carbonyl (C=O) groups excluding carboxylic acids is 1. The van der Waals surface area contributed by atoms with Crippen LogP contribution in [0.4, 0.5) is 4.39 Å². The van der Waals surface area contributed by atoms with Crippen LogP contribution in [0.25, 0.3) is 0 Å². The lowest BCUT2D eigenvalue weighted by Crippen LogP contribution is -2.25. The van der Waals surface area contributed by atoms with Gasteiger partial charge in [0.15, 0.2) is 0 Å². The second-order valence-corrected chi connectivity index (χ2v) is 5.72. The first-order valence-electron chi connectivity index (χ1n) is 7.35. The minimum absolute atomic E-state index is 0.136. The van der Waals surface area contributed by atoms with Crippen LogP contribution in [0, 0.1) is 11.7 Å². The van der Waals surface area contributed by atoms with E-state index in [-0.39, 0.29) is 11.9 Å². The lowest BCUT2D eigenvalue weighted by atomic mass is 9.95. The molecular formula is C18H21FN2O. The van der Waals surface area contributed by atoms with E-state index < -0.39 is 5.91 Å². The summed E-state index contributed by atoms with van der Waals surface area (Å²) in [6.45, 7) is 4.91. The Morgan fingerprint density at radius 3 is 2.18 bits per heavy atom. The van der Waals surface area contributed by atoms with Crippen LogP contribution in [0.5, 0.6) is 0 Å². The summed E-state index contributed by atoms with van der Waals surface area (Å²) < 4.78 is 13.0. The summed E-state index contributed by atoms with van der Waals surface area (Å²) in [7, 11) is 0. The third-order valence-electron chi connectivity index (χ3n) is 3.66. The molecule has 3 N–H and O–H groups in total. The number of primary amides is 1. The summed E-state index contributed by atoms with van der Waals surface area (Å²) in [5.74, 6) is -0.283. The van der Waals surface area contributed by atoms with E-state index in [1.54, 1.807) is 12.1 Å². The lowest BCUT2D eigenvalue weighted by molar-refractivity contribution is 0.100. The van der Waals surface area contributed by atoms with Crippen LogP contribution >= 0.6 is 0 Å². The second kappa shape index (κ2) is 7.18. The predicted octanol–water partition coefficient (Wildman–Crippen LogP) is 3.41. The van der Waals surface area contributed by atoms with Gasteiger partial charge in [-0.2, -0.15) is 0 Å². The minimum atomic E-state index is -0.425. The standard InChI is InChI=1S/C18H21FN2O/c1-12(2)17(14-7-9-16(19)10-8-14)21-11-13-3-5-15(6-4-13)18(20)22/h3-10,12,17,21H,11H2,1-2H3,(H2,20,22)/t17-/m0/s1. The number of hydrogen-bond donors (Lipinski definition) is 2. The van der Waals surface area contributed by atoms with Crippen LogP contribution in [0.3, 0.4) is 0 Å². The average molecular weight is 300 g/mol. The molecule has 0 spiro atoms. The summed E-state index contributed by atoms with van der Waals surface area (Å²) >= 11 is 0. The van der Waals surface area contributed by atoms with Crippen molar-refractivity contribution >= 4 is 5.91 Å². The zero-order valence-corrected chi connectivity index (χ0v) is 12.8. The Morgan fingerprint density at radius 1 is 1.09 bits per heavy atom. The van der Waals surface area contributed by atoms with Crippen LogP contribution < -0.4 is 11.1 Å². The second-order valence-electron chi connectivity index (χ2n) is 5.72. The SMILES string of the molecule is CC(C)[C@H](NCc1ccc(C(N)=O)cc1)c1ccc(F)cc1. The van der Waals surface area contributed by atoms with Gasteiger partial charge < -0.3 is 11.1 Å². The van der Waals surface area contributed by atoms with E-state index >= 15 is 0 Å². The highest BCUT2D eigenvalue weighted by Gasteiger charge is 2.15. The van der Waals surface area contributed by atoms with Crippen molar-refractivity contribution in [2.75, 3.05) is 0 Å². The Kier molecular flexibility index (Phi) is 5.28. The number of hydrogen-bond acceptors (Lipinski definition) is 2. The largest absolute Gasteiger partial charge is 0.366 e. The monoisotopic (exact) mass is 300 g/mol. The number of carbonyl (C=O) groups is 1. The first kappa shape index (κ1) is 16.2. The summed E-state index contributed by atoms with van der Waals surface area (Å²) in [4.78, 5) is 11.1. The van der Waals surface area contributed by atoms with Gasteiger partial charge in [-0.05, 0) is 41.3 Å². The Labute approximate surface area is 130 Å². The minimum Gasteiger partial charge on any atom is -0.366 e. The van der Waals surface area contributed by atoms with Crippen molar-refractivity contribution in [3.05, 3.63) is 71.0 Å². The quantitative estimate of drug-likeness (QED) is 0.859. The zero-order chi connectivity index (χ0) is 16.1. The van der Waals surface area contributed by atoms with E-state index in [1.165, 1.54) is 12.1 Å². The Balaban J connectivity index is 2.05. The van der Waals surface area contributed by atoms with Crippen LogP contribution in [0.1, 0.15) is 41.4 Å². The third-order valence-corrected chi connectivity index (χ3v) is 3.66. The maximum absolute atomic E-state index is 13.0. The smallest absolute Gasteiger partial charge is 0.248 e. The Bertz CT molecular complexity index is 621. The molecule has 0 saturated carbocycles. The maximum Gasteiger partial charge on any atom is 0.248 e. The molecule has 0 bridgehead atoms. The molecule has 1 amide bonds. The van der Waals surface area contributed by atoms with Gasteiger partial charge in [-0.3, -0.25) is 4.79 Å². The molecule has 2 aromatic rings. The van der Waals surface area contributed by atoms with E-state index in [9.17, 15) is 9.18 Å². The predicted molar refractivity (Wildman–Crippen MR) is 85.8 cm³/mol. The molecule has 0 heterocycles. The van der Waals surface area contributed by atoms with Crippen molar-refractivity contribution in [2.24, 2.45) is 11.7 Å². The molecule has 0 aliphatic rings. The molecule has 0 aliphatic heterocycles. The highest BCUT2D eigenvalue weighted by molar-refractivity contribution is 5.92. The number of rotatable bonds is 6. The maximum atomic E-state index is 13.0. The molecule has 116 valence electrons. The number of nitrogens with two attached hydrogens (primary N) is 1. The molecule has 0 aromatic heterocycles. The van der Waals surface area contributed by atoms with Crippen molar-refractivity contribution in [1.29, 1.82) is 0 Å². The van der Waals surface area contributed by atoms with Crippen LogP contribution in [0.15, 0.2) is 48.5 Å². The van der Waals surface area contributed by atoms with Gasteiger partial charge in [-0.15, -0.1) is 0 Å². The normalized spacial score (nSPS) is 12.4. The van der Waals surface area contributed by atoms with E-state index in [2.05, 4.69) is 19.2 Å². The highest BCUT2D eigenvalue weighted by atomic mass is 19.1.